The Morgan fingerprint density at radius 2 is 1.88 bits per heavy atom. The Hall–Kier alpha value is -2.53. The Labute approximate surface area is 142 Å². The highest BCUT2D eigenvalue weighted by Crippen LogP contribution is 2.21. The molecular formula is C19H24N2O3. The summed E-state index contributed by atoms with van der Waals surface area (Å²) in [4.78, 5) is 12.2. The maximum absolute atomic E-state index is 12.2. The molecule has 3 N–H and O–H groups in total. The summed E-state index contributed by atoms with van der Waals surface area (Å²) in [5.41, 5.74) is 2.09. The van der Waals surface area contributed by atoms with Crippen molar-refractivity contribution in [1.29, 1.82) is 0 Å². The van der Waals surface area contributed by atoms with E-state index < -0.39 is 0 Å². The molecule has 0 aliphatic heterocycles. The Kier molecular flexibility index (Phi) is 6.63. The SMILES string of the molecule is COc1cccc(CC(NC(=O)N[C@@H](C)CO)c2ccccc2)c1. The van der Waals surface area contributed by atoms with E-state index >= 15 is 0 Å². The minimum absolute atomic E-state index is 0.0979. The largest absolute Gasteiger partial charge is 0.497 e. The predicted molar refractivity (Wildman–Crippen MR) is 94.1 cm³/mol. The fourth-order valence-corrected chi connectivity index (χ4v) is 2.44. The van der Waals surface area contributed by atoms with E-state index in [4.69, 9.17) is 9.84 Å². The molecule has 0 spiro atoms. The molecule has 2 atom stereocenters. The molecule has 2 amide bonds. The number of carbonyl (C=O) groups is 1. The first-order valence-corrected chi connectivity index (χ1v) is 7.98. The zero-order valence-electron chi connectivity index (χ0n) is 14.0. The van der Waals surface area contributed by atoms with E-state index in [9.17, 15) is 4.79 Å². The molecule has 0 saturated carbocycles. The van der Waals surface area contributed by atoms with E-state index in [1.807, 2.05) is 54.6 Å². The van der Waals surface area contributed by atoms with Crippen LogP contribution in [0.3, 0.4) is 0 Å². The predicted octanol–water partition coefficient (Wildman–Crippen LogP) is 2.66. The summed E-state index contributed by atoms with van der Waals surface area (Å²) >= 11 is 0. The van der Waals surface area contributed by atoms with Crippen LogP contribution < -0.4 is 15.4 Å². The lowest BCUT2D eigenvalue weighted by Gasteiger charge is -2.21. The van der Waals surface area contributed by atoms with Crippen LogP contribution in [0.1, 0.15) is 24.1 Å². The highest BCUT2D eigenvalue weighted by Gasteiger charge is 2.16. The Balaban J connectivity index is 2.15. The molecule has 5 nitrogen and oxygen atoms in total. The minimum Gasteiger partial charge on any atom is -0.497 e. The second-order valence-electron chi connectivity index (χ2n) is 5.72. The summed E-state index contributed by atoms with van der Waals surface area (Å²) in [6.07, 6.45) is 0.641. The van der Waals surface area contributed by atoms with Crippen molar-refractivity contribution in [1.82, 2.24) is 10.6 Å². The maximum Gasteiger partial charge on any atom is 0.315 e. The highest BCUT2D eigenvalue weighted by atomic mass is 16.5. The van der Waals surface area contributed by atoms with E-state index in [0.717, 1.165) is 16.9 Å². The first-order valence-electron chi connectivity index (χ1n) is 7.98. The summed E-state index contributed by atoms with van der Waals surface area (Å²) in [6, 6.07) is 16.8. The first-order chi connectivity index (χ1) is 11.6. The van der Waals surface area contributed by atoms with E-state index in [0.29, 0.717) is 6.42 Å². The van der Waals surface area contributed by atoms with Crippen molar-refractivity contribution < 1.29 is 14.6 Å². The van der Waals surface area contributed by atoms with Gasteiger partial charge in [0.05, 0.1) is 25.8 Å². The third-order valence-electron chi connectivity index (χ3n) is 3.73. The van der Waals surface area contributed by atoms with E-state index in [-0.39, 0.29) is 24.7 Å². The Morgan fingerprint density at radius 3 is 2.54 bits per heavy atom. The molecule has 0 fully saturated rings. The highest BCUT2D eigenvalue weighted by molar-refractivity contribution is 5.74. The van der Waals surface area contributed by atoms with Gasteiger partial charge in [0.2, 0.25) is 0 Å². The number of methoxy groups -OCH3 is 1. The number of carbonyl (C=O) groups excluding carboxylic acids is 1. The van der Waals surface area contributed by atoms with E-state index in [2.05, 4.69) is 10.6 Å². The molecule has 0 saturated heterocycles. The van der Waals surface area contributed by atoms with Crippen LogP contribution in [0.25, 0.3) is 0 Å². The van der Waals surface area contributed by atoms with Gasteiger partial charge < -0.3 is 20.5 Å². The number of benzene rings is 2. The average Bonchev–Trinajstić information content (AvgIpc) is 2.62. The molecule has 128 valence electrons. The van der Waals surface area contributed by atoms with Crippen molar-refractivity contribution in [2.45, 2.75) is 25.4 Å². The molecular weight excluding hydrogens is 304 g/mol. The average molecular weight is 328 g/mol. The van der Waals surface area contributed by atoms with Crippen LogP contribution >= 0.6 is 0 Å². The third kappa shape index (κ3) is 5.28. The number of ether oxygens (including phenoxy) is 1. The van der Waals surface area contributed by atoms with Crippen LogP contribution in [0.15, 0.2) is 54.6 Å². The zero-order valence-corrected chi connectivity index (χ0v) is 14.0. The van der Waals surface area contributed by atoms with Crippen molar-refractivity contribution in [3.8, 4) is 5.75 Å². The number of hydrogen-bond acceptors (Lipinski definition) is 3. The summed E-state index contributed by atoms with van der Waals surface area (Å²) in [7, 11) is 1.63. The molecule has 1 unspecified atom stereocenters. The second-order valence-corrected chi connectivity index (χ2v) is 5.72. The molecule has 24 heavy (non-hydrogen) atoms. The molecule has 5 heteroatoms. The van der Waals surface area contributed by atoms with Crippen LogP contribution in [-0.2, 0) is 6.42 Å². The Bertz CT molecular complexity index is 646. The third-order valence-corrected chi connectivity index (χ3v) is 3.73. The van der Waals surface area contributed by atoms with Crippen molar-refractivity contribution >= 4 is 6.03 Å². The van der Waals surface area contributed by atoms with Gasteiger partial charge in [0.15, 0.2) is 0 Å². The maximum atomic E-state index is 12.2. The quantitative estimate of drug-likeness (QED) is 0.732. The number of amides is 2. The number of urea groups is 1. The zero-order chi connectivity index (χ0) is 17.4. The van der Waals surface area contributed by atoms with Gasteiger partial charge in [-0.3, -0.25) is 0 Å². The molecule has 2 rings (SSSR count). The number of aliphatic hydroxyl groups is 1. The van der Waals surface area contributed by atoms with Crippen LogP contribution in [0.4, 0.5) is 4.79 Å². The smallest absolute Gasteiger partial charge is 0.315 e. The van der Waals surface area contributed by atoms with E-state index in [1.165, 1.54) is 0 Å². The van der Waals surface area contributed by atoms with Gasteiger partial charge in [0.1, 0.15) is 5.75 Å². The summed E-state index contributed by atoms with van der Waals surface area (Å²) < 4.78 is 5.26. The Morgan fingerprint density at radius 1 is 1.12 bits per heavy atom. The van der Waals surface area contributed by atoms with Crippen molar-refractivity contribution in [3.05, 3.63) is 65.7 Å². The number of hydrogen-bond donors (Lipinski definition) is 3. The molecule has 0 heterocycles. The van der Waals surface area contributed by atoms with Crippen LogP contribution in [0.5, 0.6) is 5.75 Å². The van der Waals surface area contributed by atoms with Crippen molar-refractivity contribution in [2.24, 2.45) is 0 Å². The van der Waals surface area contributed by atoms with Gasteiger partial charge in [-0.15, -0.1) is 0 Å². The second kappa shape index (κ2) is 8.93. The summed E-state index contributed by atoms with van der Waals surface area (Å²) in [5.74, 6) is 0.790. The summed E-state index contributed by atoms with van der Waals surface area (Å²) in [6.45, 7) is 1.65. The molecule has 2 aromatic carbocycles. The van der Waals surface area contributed by atoms with Gasteiger partial charge in [0, 0.05) is 0 Å². The van der Waals surface area contributed by atoms with Gasteiger partial charge in [-0.1, -0.05) is 42.5 Å². The number of aliphatic hydroxyl groups excluding tert-OH is 1. The molecule has 0 radical (unpaired) electrons. The van der Waals surface area contributed by atoms with E-state index in [1.54, 1.807) is 14.0 Å². The van der Waals surface area contributed by atoms with Crippen LogP contribution in [0.2, 0.25) is 0 Å². The van der Waals surface area contributed by atoms with Gasteiger partial charge in [-0.2, -0.15) is 0 Å². The number of nitrogens with one attached hydrogen (secondary N) is 2. The molecule has 0 aliphatic carbocycles. The van der Waals surface area contributed by atoms with Gasteiger partial charge in [0.25, 0.3) is 0 Å². The lowest BCUT2D eigenvalue weighted by Crippen LogP contribution is -2.44. The molecule has 2 aromatic rings. The lowest BCUT2D eigenvalue weighted by atomic mass is 9.99. The van der Waals surface area contributed by atoms with Crippen LogP contribution in [-0.4, -0.2) is 30.9 Å². The summed E-state index contributed by atoms with van der Waals surface area (Å²) in [5, 5.41) is 14.8. The fourth-order valence-electron chi connectivity index (χ4n) is 2.44. The molecule has 0 aliphatic rings. The monoisotopic (exact) mass is 328 g/mol. The van der Waals surface area contributed by atoms with Crippen molar-refractivity contribution in [3.63, 3.8) is 0 Å². The standard InChI is InChI=1S/C19H24N2O3/c1-14(13-22)20-19(23)21-18(16-8-4-3-5-9-16)12-15-7-6-10-17(11-15)24-2/h3-11,14,18,22H,12-13H2,1-2H3,(H2,20,21,23)/t14-,18?/m0/s1. The van der Waals surface area contributed by atoms with Gasteiger partial charge >= 0.3 is 6.03 Å². The normalized spacial score (nSPS) is 13.0. The first kappa shape index (κ1) is 17.8. The lowest BCUT2D eigenvalue weighted by molar-refractivity contribution is 0.217. The van der Waals surface area contributed by atoms with Gasteiger partial charge in [-0.25, -0.2) is 4.79 Å². The van der Waals surface area contributed by atoms with Crippen molar-refractivity contribution in [2.75, 3.05) is 13.7 Å². The minimum atomic E-state index is -0.298. The van der Waals surface area contributed by atoms with Crippen LogP contribution in [0, 0.1) is 0 Å². The number of rotatable bonds is 7. The molecule has 0 aromatic heterocycles. The van der Waals surface area contributed by atoms with Gasteiger partial charge in [-0.05, 0) is 36.6 Å². The molecule has 0 bridgehead atoms. The fraction of sp³-hybridized carbons (Fsp3) is 0.316. The topological polar surface area (TPSA) is 70.6 Å².